The zero-order valence-corrected chi connectivity index (χ0v) is 31.7. The number of alkyl halides is 3. The fourth-order valence-electron chi connectivity index (χ4n) is 7.78. The van der Waals surface area contributed by atoms with Crippen LogP contribution in [-0.2, 0) is 14.8 Å². The lowest BCUT2D eigenvalue weighted by molar-refractivity contribution is -0.191. The first kappa shape index (κ1) is 39.3. The molecule has 292 valence electrons. The molecule has 1 atom stereocenters. The standard InChI is InChI=1S/C38H46F3N5O7S/c1-22-8-6-9-23(2)31(22)29-15-30(45-33(44-29)46-54(50,51)28-11-7-10-24(14-28)32(47)48)52-21-27(20-37(12-13-37)38(39,40)41)42-25-16-36(17-25)18-26(19-36)43-34(49)53-35(3,4)5/h6-11,14-15,25-27,42H,12-13,16-21H2,1-5H3,(H,43,49)(H,47,48)(H,44,45,46)/t25?,26?,27-,36?/m1/s1. The predicted octanol–water partition coefficient (Wildman–Crippen LogP) is 7.16. The summed E-state index contributed by atoms with van der Waals surface area (Å²) in [6.07, 6.45) is -1.97. The molecule has 0 saturated heterocycles. The van der Waals surface area contributed by atoms with E-state index in [0.29, 0.717) is 11.3 Å². The van der Waals surface area contributed by atoms with E-state index < -0.39 is 45.3 Å². The summed E-state index contributed by atoms with van der Waals surface area (Å²) in [5.41, 5.74) is 0.0462. The monoisotopic (exact) mass is 773 g/mol. The lowest BCUT2D eigenvalue weighted by atomic mass is 9.52. The van der Waals surface area contributed by atoms with Crippen LogP contribution in [0.25, 0.3) is 11.3 Å². The Balaban J connectivity index is 1.20. The smallest absolute Gasteiger partial charge is 0.407 e. The SMILES string of the molecule is Cc1cccc(C)c1-c1cc(OC[C@@H](CC2(C(F)(F)F)CC2)NC2CC3(CC(NC(=O)OC(C)(C)C)C3)C2)nc(NS(=O)(=O)c2cccc(C(=O)O)c2)n1. The van der Waals surface area contributed by atoms with E-state index in [1.807, 2.05) is 32.0 Å². The van der Waals surface area contributed by atoms with E-state index in [0.717, 1.165) is 42.9 Å². The number of aromatic nitrogens is 2. The molecule has 1 heterocycles. The predicted molar refractivity (Wildman–Crippen MR) is 194 cm³/mol. The van der Waals surface area contributed by atoms with Crippen molar-refractivity contribution in [3.8, 4) is 17.1 Å². The van der Waals surface area contributed by atoms with Gasteiger partial charge in [-0.3, -0.25) is 0 Å². The number of aromatic carboxylic acids is 1. The Bertz CT molecular complexity index is 2000. The molecule has 1 amide bonds. The summed E-state index contributed by atoms with van der Waals surface area (Å²) < 4.78 is 83.2. The molecule has 0 bridgehead atoms. The molecule has 0 unspecified atom stereocenters. The van der Waals surface area contributed by atoms with E-state index in [9.17, 15) is 36.3 Å². The normalized spacial score (nSPS) is 22.4. The van der Waals surface area contributed by atoms with Crippen molar-refractivity contribution in [2.75, 3.05) is 11.3 Å². The number of nitrogens with one attached hydrogen (secondary N) is 3. The molecule has 3 aromatic rings. The summed E-state index contributed by atoms with van der Waals surface area (Å²) in [4.78, 5) is 32.2. The highest BCUT2D eigenvalue weighted by molar-refractivity contribution is 7.92. The number of hydrogen-bond donors (Lipinski definition) is 4. The van der Waals surface area contributed by atoms with E-state index in [2.05, 4.69) is 25.3 Å². The topological polar surface area (TPSA) is 169 Å². The maximum Gasteiger partial charge on any atom is 0.407 e. The molecule has 54 heavy (non-hydrogen) atoms. The summed E-state index contributed by atoms with van der Waals surface area (Å²) >= 11 is 0. The molecule has 0 aliphatic heterocycles. The van der Waals surface area contributed by atoms with Crippen molar-refractivity contribution >= 4 is 28.0 Å². The number of aryl methyl sites for hydroxylation is 2. The number of rotatable bonds is 13. The van der Waals surface area contributed by atoms with Gasteiger partial charge in [0, 0.05) is 29.8 Å². The maximum atomic E-state index is 14.2. The van der Waals surface area contributed by atoms with E-state index in [1.165, 1.54) is 24.3 Å². The van der Waals surface area contributed by atoms with Crippen molar-refractivity contribution in [2.45, 2.75) is 114 Å². The summed E-state index contributed by atoms with van der Waals surface area (Å²) in [6.45, 7) is 8.93. The molecule has 3 aliphatic rings. The van der Waals surface area contributed by atoms with Crippen LogP contribution in [0.2, 0.25) is 0 Å². The van der Waals surface area contributed by atoms with Gasteiger partial charge < -0.3 is 25.2 Å². The molecule has 4 N–H and O–H groups in total. The lowest BCUT2D eigenvalue weighted by Gasteiger charge is -2.58. The van der Waals surface area contributed by atoms with Crippen LogP contribution < -0.4 is 20.1 Å². The molecule has 1 aromatic heterocycles. The second-order valence-electron chi connectivity index (χ2n) is 16.1. The molecule has 3 saturated carbocycles. The molecule has 6 rings (SSSR count). The van der Waals surface area contributed by atoms with Gasteiger partial charge in [0.05, 0.1) is 21.6 Å². The second kappa shape index (κ2) is 14.3. The number of alkyl carbamates (subject to hydrolysis) is 1. The highest BCUT2D eigenvalue weighted by Gasteiger charge is 2.64. The van der Waals surface area contributed by atoms with Crippen molar-refractivity contribution in [1.29, 1.82) is 0 Å². The van der Waals surface area contributed by atoms with Crippen LogP contribution in [0.4, 0.5) is 23.9 Å². The first-order valence-electron chi connectivity index (χ1n) is 17.9. The Morgan fingerprint density at radius 1 is 0.963 bits per heavy atom. The molecule has 16 heteroatoms. The Hall–Kier alpha value is -4.44. The zero-order valence-electron chi connectivity index (χ0n) is 30.8. The minimum Gasteiger partial charge on any atom is -0.478 e. The number of anilines is 1. The van der Waals surface area contributed by atoms with E-state index in [1.54, 1.807) is 20.8 Å². The van der Waals surface area contributed by atoms with Crippen molar-refractivity contribution in [2.24, 2.45) is 10.8 Å². The average Bonchev–Trinajstić information content (AvgIpc) is 3.81. The van der Waals surface area contributed by atoms with Crippen LogP contribution in [0.1, 0.15) is 87.2 Å². The molecule has 12 nitrogen and oxygen atoms in total. The Morgan fingerprint density at radius 2 is 1.59 bits per heavy atom. The number of amides is 1. The zero-order chi connectivity index (χ0) is 39.3. The van der Waals surface area contributed by atoms with Gasteiger partial charge in [0.2, 0.25) is 11.8 Å². The largest absolute Gasteiger partial charge is 0.478 e. The van der Waals surface area contributed by atoms with Crippen molar-refractivity contribution < 1.29 is 45.8 Å². The number of carbonyl (C=O) groups excluding carboxylic acids is 1. The highest BCUT2D eigenvalue weighted by Crippen LogP contribution is 2.61. The fraction of sp³-hybridized carbons (Fsp3) is 0.526. The molecule has 3 aliphatic carbocycles. The fourth-order valence-corrected chi connectivity index (χ4v) is 8.77. The number of carboxylic acid groups (broad SMARTS) is 1. The number of ether oxygens (including phenoxy) is 2. The van der Waals surface area contributed by atoms with Gasteiger partial charge in [-0.25, -0.2) is 27.7 Å². The third-order valence-corrected chi connectivity index (χ3v) is 11.8. The van der Waals surface area contributed by atoms with Crippen molar-refractivity contribution in [3.05, 3.63) is 65.2 Å². The van der Waals surface area contributed by atoms with Crippen LogP contribution in [0.15, 0.2) is 53.4 Å². The average molecular weight is 774 g/mol. The van der Waals surface area contributed by atoms with Gasteiger partial charge in [-0.1, -0.05) is 24.3 Å². The van der Waals surface area contributed by atoms with E-state index in [-0.39, 0.29) is 65.7 Å². The number of carbonyl (C=O) groups is 2. The quantitative estimate of drug-likeness (QED) is 0.140. The summed E-state index contributed by atoms with van der Waals surface area (Å²) in [5.74, 6) is -1.71. The first-order valence-corrected chi connectivity index (χ1v) is 19.4. The van der Waals surface area contributed by atoms with Gasteiger partial charge >= 0.3 is 18.2 Å². The number of halogens is 3. The number of carboxylic acids is 1. The number of benzene rings is 2. The Labute approximate surface area is 312 Å². The number of sulfonamides is 1. The van der Waals surface area contributed by atoms with Gasteiger partial charge in [-0.15, -0.1) is 0 Å². The lowest BCUT2D eigenvalue weighted by Crippen LogP contribution is -2.62. The van der Waals surface area contributed by atoms with E-state index in [4.69, 9.17) is 9.47 Å². The number of nitrogens with zero attached hydrogens (tertiary/aromatic N) is 2. The van der Waals surface area contributed by atoms with Gasteiger partial charge in [0.25, 0.3) is 10.0 Å². The highest BCUT2D eigenvalue weighted by atomic mass is 32.2. The van der Waals surface area contributed by atoms with Crippen molar-refractivity contribution in [3.63, 3.8) is 0 Å². The van der Waals surface area contributed by atoms with Gasteiger partial charge in [0.15, 0.2) is 0 Å². The van der Waals surface area contributed by atoms with Gasteiger partial charge in [-0.2, -0.15) is 18.2 Å². The summed E-state index contributed by atoms with van der Waals surface area (Å²) in [6, 6.07) is 11.1. The molecule has 1 spiro atoms. The minimum atomic E-state index is -4.38. The van der Waals surface area contributed by atoms with Gasteiger partial charge in [0.1, 0.15) is 12.2 Å². The molecular formula is C38H46F3N5O7S. The van der Waals surface area contributed by atoms with Crippen LogP contribution in [0.3, 0.4) is 0 Å². The van der Waals surface area contributed by atoms with Crippen LogP contribution in [0, 0.1) is 24.7 Å². The Kier molecular flexibility index (Phi) is 10.4. The third kappa shape index (κ3) is 8.91. The second-order valence-corrected chi connectivity index (χ2v) is 17.8. The van der Waals surface area contributed by atoms with Crippen LogP contribution in [-0.4, -0.2) is 72.1 Å². The van der Waals surface area contributed by atoms with E-state index >= 15 is 0 Å². The van der Waals surface area contributed by atoms with Gasteiger partial charge in [-0.05, 0) is 114 Å². The van der Waals surface area contributed by atoms with Crippen LogP contribution >= 0.6 is 0 Å². The molecule has 0 radical (unpaired) electrons. The van der Waals surface area contributed by atoms with Crippen LogP contribution in [0.5, 0.6) is 5.88 Å². The first-order chi connectivity index (χ1) is 25.1. The molecular weight excluding hydrogens is 728 g/mol. The maximum absolute atomic E-state index is 14.2. The minimum absolute atomic E-state index is 0.00700. The van der Waals surface area contributed by atoms with Crippen molar-refractivity contribution in [1.82, 2.24) is 20.6 Å². The Morgan fingerprint density at radius 3 is 2.19 bits per heavy atom. The molecule has 3 fully saturated rings. The third-order valence-electron chi connectivity index (χ3n) is 10.5. The molecule has 2 aromatic carbocycles. The number of hydrogen-bond acceptors (Lipinski definition) is 9. The summed E-state index contributed by atoms with van der Waals surface area (Å²) in [7, 11) is -4.37. The summed E-state index contributed by atoms with van der Waals surface area (Å²) in [5, 5.41) is 15.7.